The molecule has 0 aromatic heterocycles. The summed E-state index contributed by atoms with van der Waals surface area (Å²) in [5.74, 6) is 0.155. The number of rotatable bonds is 3. The monoisotopic (exact) mass is 312 g/mol. The average Bonchev–Trinajstić information content (AvgIpc) is 2.53. The normalized spacial score (nSPS) is 21.4. The third-order valence-corrected chi connectivity index (χ3v) is 4.32. The van der Waals surface area contributed by atoms with Crippen molar-refractivity contribution < 1.29 is 9.53 Å². The predicted octanol–water partition coefficient (Wildman–Crippen LogP) is 2.91. The molecule has 1 saturated heterocycles. The van der Waals surface area contributed by atoms with Gasteiger partial charge in [-0.1, -0.05) is 30.3 Å². The molecular weight excluding hydrogens is 288 g/mol. The number of hydrogen-bond acceptors (Lipinski definition) is 3. The van der Waals surface area contributed by atoms with Crippen LogP contribution in [0.5, 0.6) is 0 Å². The standard InChI is InChI=1S/C19H24N2O2/c1-14-11-21(12-15(2)23-14)19(22)13-20(3)18-9-8-16-6-4-5-7-17(16)10-18/h4-10,14-15H,11-13H2,1-3H3/t14-,15-/m0/s1. The van der Waals surface area contributed by atoms with Crippen molar-refractivity contribution in [2.75, 3.05) is 31.6 Å². The molecule has 1 heterocycles. The summed E-state index contributed by atoms with van der Waals surface area (Å²) in [6.07, 6.45) is 0.211. The van der Waals surface area contributed by atoms with Crippen molar-refractivity contribution in [2.24, 2.45) is 0 Å². The lowest BCUT2D eigenvalue weighted by atomic mass is 10.1. The molecule has 0 N–H and O–H groups in total. The second-order valence-corrected chi connectivity index (χ2v) is 6.44. The van der Waals surface area contributed by atoms with E-state index in [0.717, 1.165) is 5.69 Å². The lowest BCUT2D eigenvalue weighted by Crippen LogP contribution is -2.50. The molecule has 23 heavy (non-hydrogen) atoms. The van der Waals surface area contributed by atoms with Crippen LogP contribution in [-0.4, -0.2) is 49.7 Å². The molecule has 2 atom stereocenters. The van der Waals surface area contributed by atoms with Crippen molar-refractivity contribution in [3.63, 3.8) is 0 Å². The van der Waals surface area contributed by atoms with Gasteiger partial charge < -0.3 is 14.5 Å². The molecule has 0 unspecified atom stereocenters. The predicted molar refractivity (Wildman–Crippen MR) is 93.8 cm³/mol. The van der Waals surface area contributed by atoms with Crippen molar-refractivity contribution in [1.82, 2.24) is 4.90 Å². The quantitative estimate of drug-likeness (QED) is 0.873. The number of likely N-dealkylation sites (N-methyl/N-ethyl adjacent to an activating group) is 1. The van der Waals surface area contributed by atoms with Crippen LogP contribution in [0.15, 0.2) is 42.5 Å². The first-order valence-electron chi connectivity index (χ1n) is 8.16. The molecule has 3 rings (SSSR count). The summed E-state index contributed by atoms with van der Waals surface area (Å²) in [5.41, 5.74) is 1.06. The molecule has 2 aromatic carbocycles. The summed E-state index contributed by atoms with van der Waals surface area (Å²) >= 11 is 0. The third kappa shape index (κ3) is 3.64. The molecule has 0 radical (unpaired) electrons. The number of hydrogen-bond donors (Lipinski definition) is 0. The second kappa shape index (κ2) is 6.59. The van der Waals surface area contributed by atoms with Crippen molar-refractivity contribution >= 4 is 22.4 Å². The van der Waals surface area contributed by atoms with Gasteiger partial charge in [-0.3, -0.25) is 4.79 Å². The highest BCUT2D eigenvalue weighted by molar-refractivity contribution is 5.87. The first-order valence-corrected chi connectivity index (χ1v) is 8.16. The smallest absolute Gasteiger partial charge is 0.242 e. The minimum absolute atomic E-state index is 0.105. The SMILES string of the molecule is C[C@H]1CN(C(=O)CN(C)c2ccc3ccccc3c2)C[C@H](C)O1. The Kier molecular flexibility index (Phi) is 4.53. The van der Waals surface area contributed by atoms with E-state index in [1.54, 1.807) is 0 Å². The Balaban J connectivity index is 1.69. The summed E-state index contributed by atoms with van der Waals surface area (Å²) in [6.45, 7) is 5.77. The van der Waals surface area contributed by atoms with Crippen LogP contribution in [0.25, 0.3) is 10.8 Å². The van der Waals surface area contributed by atoms with Crippen LogP contribution in [0.3, 0.4) is 0 Å². The molecule has 1 amide bonds. The number of ether oxygens (including phenoxy) is 1. The zero-order chi connectivity index (χ0) is 16.4. The van der Waals surface area contributed by atoms with E-state index in [4.69, 9.17) is 4.74 Å². The van der Waals surface area contributed by atoms with Crippen LogP contribution in [0.2, 0.25) is 0 Å². The topological polar surface area (TPSA) is 32.8 Å². The van der Waals surface area contributed by atoms with E-state index >= 15 is 0 Å². The van der Waals surface area contributed by atoms with E-state index in [1.165, 1.54) is 10.8 Å². The first kappa shape index (κ1) is 15.8. The number of nitrogens with zero attached hydrogens (tertiary/aromatic N) is 2. The summed E-state index contributed by atoms with van der Waals surface area (Å²) in [4.78, 5) is 16.5. The average molecular weight is 312 g/mol. The van der Waals surface area contributed by atoms with Crippen molar-refractivity contribution in [2.45, 2.75) is 26.1 Å². The van der Waals surface area contributed by atoms with Gasteiger partial charge in [0.05, 0.1) is 18.8 Å². The van der Waals surface area contributed by atoms with Crippen LogP contribution in [0.4, 0.5) is 5.69 Å². The van der Waals surface area contributed by atoms with Gasteiger partial charge in [0.2, 0.25) is 5.91 Å². The van der Waals surface area contributed by atoms with Crippen molar-refractivity contribution in [3.8, 4) is 0 Å². The minimum atomic E-state index is 0.105. The molecule has 0 saturated carbocycles. The Bertz CT molecular complexity index is 691. The van der Waals surface area contributed by atoms with E-state index in [1.807, 2.05) is 42.8 Å². The Morgan fingerprint density at radius 2 is 1.78 bits per heavy atom. The van der Waals surface area contributed by atoms with E-state index in [9.17, 15) is 4.79 Å². The Labute approximate surface area is 137 Å². The van der Waals surface area contributed by atoms with Crippen LogP contribution < -0.4 is 4.90 Å². The molecule has 122 valence electrons. The second-order valence-electron chi connectivity index (χ2n) is 6.44. The van der Waals surface area contributed by atoms with Gasteiger partial charge in [0, 0.05) is 25.8 Å². The maximum Gasteiger partial charge on any atom is 0.242 e. The fourth-order valence-corrected chi connectivity index (χ4v) is 3.19. The van der Waals surface area contributed by atoms with Crippen LogP contribution >= 0.6 is 0 Å². The molecule has 4 nitrogen and oxygen atoms in total. The number of fused-ring (bicyclic) bond motifs is 1. The molecule has 2 aromatic rings. The zero-order valence-corrected chi connectivity index (χ0v) is 14.0. The summed E-state index contributed by atoms with van der Waals surface area (Å²) in [7, 11) is 1.97. The Hall–Kier alpha value is -2.07. The number of morpholine rings is 1. The van der Waals surface area contributed by atoms with Crippen molar-refractivity contribution in [1.29, 1.82) is 0 Å². The largest absolute Gasteiger partial charge is 0.372 e. The van der Waals surface area contributed by atoms with E-state index in [2.05, 4.69) is 30.3 Å². The van der Waals surface area contributed by atoms with Gasteiger partial charge in [0.25, 0.3) is 0 Å². The maximum absolute atomic E-state index is 12.6. The molecule has 1 aliphatic rings. The minimum Gasteiger partial charge on any atom is -0.372 e. The van der Waals surface area contributed by atoms with Gasteiger partial charge in [-0.25, -0.2) is 0 Å². The Morgan fingerprint density at radius 1 is 1.13 bits per heavy atom. The van der Waals surface area contributed by atoms with Gasteiger partial charge >= 0.3 is 0 Å². The van der Waals surface area contributed by atoms with Gasteiger partial charge in [0.1, 0.15) is 0 Å². The van der Waals surface area contributed by atoms with E-state index in [0.29, 0.717) is 19.6 Å². The highest BCUT2D eigenvalue weighted by atomic mass is 16.5. The fraction of sp³-hybridized carbons (Fsp3) is 0.421. The Morgan fingerprint density at radius 3 is 2.48 bits per heavy atom. The lowest BCUT2D eigenvalue weighted by molar-refractivity contribution is -0.141. The van der Waals surface area contributed by atoms with Crippen LogP contribution in [-0.2, 0) is 9.53 Å². The first-order chi connectivity index (χ1) is 11.0. The highest BCUT2D eigenvalue weighted by Crippen LogP contribution is 2.21. The number of carbonyl (C=O) groups is 1. The number of anilines is 1. The summed E-state index contributed by atoms with van der Waals surface area (Å²) in [6, 6.07) is 14.6. The summed E-state index contributed by atoms with van der Waals surface area (Å²) < 4.78 is 5.70. The molecule has 1 aliphatic heterocycles. The number of carbonyl (C=O) groups excluding carboxylic acids is 1. The van der Waals surface area contributed by atoms with Crippen molar-refractivity contribution in [3.05, 3.63) is 42.5 Å². The third-order valence-electron chi connectivity index (χ3n) is 4.32. The molecule has 0 aliphatic carbocycles. The fourth-order valence-electron chi connectivity index (χ4n) is 3.19. The lowest BCUT2D eigenvalue weighted by Gasteiger charge is -2.36. The molecular formula is C19H24N2O2. The van der Waals surface area contributed by atoms with Crippen LogP contribution in [0.1, 0.15) is 13.8 Å². The van der Waals surface area contributed by atoms with Gasteiger partial charge in [0.15, 0.2) is 0 Å². The zero-order valence-electron chi connectivity index (χ0n) is 14.0. The number of benzene rings is 2. The molecule has 0 bridgehead atoms. The summed E-state index contributed by atoms with van der Waals surface area (Å²) in [5, 5.41) is 2.41. The van der Waals surface area contributed by atoms with Crippen LogP contribution in [0, 0.1) is 0 Å². The molecule has 0 spiro atoms. The van der Waals surface area contributed by atoms with Gasteiger partial charge in [-0.15, -0.1) is 0 Å². The highest BCUT2D eigenvalue weighted by Gasteiger charge is 2.26. The van der Waals surface area contributed by atoms with Gasteiger partial charge in [-0.2, -0.15) is 0 Å². The molecule has 1 fully saturated rings. The number of amides is 1. The van der Waals surface area contributed by atoms with Gasteiger partial charge in [-0.05, 0) is 36.8 Å². The van der Waals surface area contributed by atoms with E-state index in [-0.39, 0.29) is 18.1 Å². The van der Waals surface area contributed by atoms with E-state index < -0.39 is 0 Å². The maximum atomic E-state index is 12.6. The molecule has 4 heteroatoms.